The van der Waals surface area contributed by atoms with Gasteiger partial charge >= 0.3 is 0 Å². The van der Waals surface area contributed by atoms with Gasteiger partial charge in [0, 0.05) is 31.0 Å². The van der Waals surface area contributed by atoms with Gasteiger partial charge in [0.2, 0.25) is 5.91 Å². The van der Waals surface area contributed by atoms with Crippen LogP contribution in [0, 0.1) is 4.77 Å². The SMILES string of the molecule is CCN(CC)c1ncc(/C=N\NC(=O)Cc2cc(=O)[nH]c(=S)[nH]2)s1. The van der Waals surface area contributed by atoms with Crippen molar-refractivity contribution in [1.82, 2.24) is 20.4 Å². The number of H-pyrrole nitrogens is 2. The Labute approximate surface area is 147 Å². The van der Waals surface area contributed by atoms with Gasteiger partial charge in [-0.3, -0.25) is 14.6 Å². The van der Waals surface area contributed by atoms with Gasteiger partial charge in [-0.2, -0.15) is 5.10 Å². The summed E-state index contributed by atoms with van der Waals surface area (Å²) in [7, 11) is 0. The molecule has 0 aliphatic rings. The van der Waals surface area contributed by atoms with Crippen LogP contribution in [0.4, 0.5) is 5.13 Å². The Kier molecular flexibility index (Phi) is 6.38. The fourth-order valence-corrected chi connectivity index (χ4v) is 3.12. The van der Waals surface area contributed by atoms with E-state index in [0.29, 0.717) is 5.69 Å². The van der Waals surface area contributed by atoms with E-state index in [1.807, 2.05) is 0 Å². The highest BCUT2D eigenvalue weighted by molar-refractivity contribution is 7.71. The number of rotatable bonds is 7. The van der Waals surface area contributed by atoms with Crippen molar-refractivity contribution in [3.8, 4) is 0 Å². The quantitative estimate of drug-likeness (QED) is 0.390. The highest BCUT2D eigenvalue weighted by Gasteiger charge is 2.07. The highest BCUT2D eigenvalue weighted by Crippen LogP contribution is 2.20. The van der Waals surface area contributed by atoms with Crippen LogP contribution in [0.3, 0.4) is 0 Å². The van der Waals surface area contributed by atoms with E-state index >= 15 is 0 Å². The molecule has 10 heteroatoms. The van der Waals surface area contributed by atoms with Crippen molar-refractivity contribution >= 4 is 40.8 Å². The number of amides is 1. The second-order valence-corrected chi connectivity index (χ2v) is 6.25. The van der Waals surface area contributed by atoms with Crippen LogP contribution in [-0.4, -0.2) is 40.2 Å². The maximum atomic E-state index is 11.8. The molecule has 24 heavy (non-hydrogen) atoms. The molecule has 8 nitrogen and oxygen atoms in total. The lowest BCUT2D eigenvalue weighted by atomic mass is 10.3. The molecule has 0 spiro atoms. The smallest absolute Gasteiger partial charge is 0.251 e. The summed E-state index contributed by atoms with van der Waals surface area (Å²) in [5, 5.41) is 4.83. The van der Waals surface area contributed by atoms with Crippen LogP contribution >= 0.6 is 23.6 Å². The van der Waals surface area contributed by atoms with Gasteiger partial charge in [0.05, 0.1) is 17.5 Å². The van der Waals surface area contributed by atoms with E-state index in [9.17, 15) is 9.59 Å². The molecule has 0 fully saturated rings. The Morgan fingerprint density at radius 1 is 1.46 bits per heavy atom. The van der Waals surface area contributed by atoms with E-state index < -0.39 is 0 Å². The molecular formula is C14H18N6O2S2. The third kappa shape index (κ3) is 5.10. The standard InChI is InChI=1S/C14H18N6O2S2/c1-3-20(4-2)14-15-7-10(24-14)8-16-19-12(22)6-9-5-11(21)18-13(23)17-9/h5,7-8H,3-4,6H2,1-2H3,(H,19,22)(H2,17,18,21,23)/b16-8-. The van der Waals surface area contributed by atoms with Gasteiger partial charge in [-0.1, -0.05) is 11.3 Å². The first kappa shape index (κ1) is 18.0. The zero-order chi connectivity index (χ0) is 17.5. The molecule has 3 N–H and O–H groups in total. The normalized spacial score (nSPS) is 10.9. The van der Waals surface area contributed by atoms with Gasteiger partial charge in [0.1, 0.15) is 0 Å². The summed E-state index contributed by atoms with van der Waals surface area (Å²) in [4.78, 5) is 35.6. The number of nitrogens with one attached hydrogen (secondary N) is 3. The molecule has 2 aromatic rings. The Balaban J connectivity index is 1.92. The summed E-state index contributed by atoms with van der Waals surface area (Å²) in [5.74, 6) is -0.351. The molecule has 128 valence electrons. The van der Waals surface area contributed by atoms with Gasteiger partial charge in [0.25, 0.3) is 5.56 Å². The van der Waals surface area contributed by atoms with E-state index in [-0.39, 0.29) is 22.7 Å². The Morgan fingerprint density at radius 3 is 2.88 bits per heavy atom. The minimum absolute atomic E-state index is 0.0156. The van der Waals surface area contributed by atoms with Gasteiger partial charge < -0.3 is 9.88 Å². The van der Waals surface area contributed by atoms with E-state index in [1.165, 1.54) is 17.4 Å². The van der Waals surface area contributed by atoms with Crippen molar-refractivity contribution in [3.05, 3.63) is 38.0 Å². The average molecular weight is 366 g/mol. The molecule has 0 aliphatic heterocycles. The maximum absolute atomic E-state index is 11.8. The van der Waals surface area contributed by atoms with Crippen LogP contribution in [0.5, 0.6) is 0 Å². The lowest BCUT2D eigenvalue weighted by molar-refractivity contribution is -0.120. The number of hydrogen-bond acceptors (Lipinski definition) is 7. The average Bonchev–Trinajstić information content (AvgIpc) is 2.96. The van der Waals surface area contributed by atoms with Gasteiger partial charge in [-0.05, 0) is 26.1 Å². The number of thiazole rings is 1. The van der Waals surface area contributed by atoms with E-state index in [2.05, 4.69) is 44.2 Å². The second-order valence-electron chi connectivity index (χ2n) is 4.80. The predicted molar refractivity (Wildman–Crippen MR) is 97.4 cm³/mol. The molecule has 0 bridgehead atoms. The second kappa shape index (κ2) is 8.50. The van der Waals surface area contributed by atoms with Crippen molar-refractivity contribution in [1.29, 1.82) is 0 Å². The number of hydrogen-bond donors (Lipinski definition) is 3. The van der Waals surface area contributed by atoms with Crippen LogP contribution < -0.4 is 15.9 Å². The van der Waals surface area contributed by atoms with Crippen molar-refractivity contribution < 1.29 is 4.79 Å². The topological polar surface area (TPSA) is 106 Å². The zero-order valence-corrected chi connectivity index (χ0v) is 15.0. The van der Waals surface area contributed by atoms with E-state index in [1.54, 1.807) is 12.4 Å². The molecular weight excluding hydrogens is 348 g/mol. The van der Waals surface area contributed by atoms with Gasteiger partial charge in [-0.15, -0.1) is 0 Å². The van der Waals surface area contributed by atoms with Gasteiger partial charge in [0.15, 0.2) is 9.90 Å². The van der Waals surface area contributed by atoms with Gasteiger partial charge in [-0.25, -0.2) is 10.4 Å². The summed E-state index contributed by atoms with van der Waals surface area (Å²) in [6.07, 6.45) is 3.24. The number of aromatic nitrogens is 3. The largest absolute Gasteiger partial charge is 0.349 e. The monoisotopic (exact) mass is 366 g/mol. The third-order valence-electron chi connectivity index (χ3n) is 3.09. The van der Waals surface area contributed by atoms with Crippen LogP contribution in [0.2, 0.25) is 0 Å². The maximum Gasteiger partial charge on any atom is 0.251 e. The van der Waals surface area contributed by atoms with Crippen LogP contribution in [0.1, 0.15) is 24.4 Å². The van der Waals surface area contributed by atoms with Crippen LogP contribution in [-0.2, 0) is 11.2 Å². The summed E-state index contributed by atoms with van der Waals surface area (Å²) < 4.78 is 0.183. The molecule has 1 amide bonds. The number of aromatic amines is 2. The van der Waals surface area contributed by atoms with Crippen LogP contribution in [0.15, 0.2) is 22.2 Å². The Morgan fingerprint density at radius 2 is 2.21 bits per heavy atom. The lowest BCUT2D eigenvalue weighted by Gasteiger charge is -2.16. The summed E-state index contributed by atoms with van der Waals surface area (Å²) in [6.45, 7) is 5.90. The summed E-state index contributed by atoms with van der Waals surface area (Å²) in [6, 6.07) is 1.29. The molecule has 0 unspecified atom stereocenters. The molecule has 0 aliphatic carbocycles. The molecule has 2 aromatic heterocycles. The Bertz CT molecular complexity index is 806. The number of carbonyl (C=O) groups excluding carboxylic acids is 1. The van der Waals surface area contributed by atoms with Crippen molar-refractivity contribution in [2.45, 2.75) is 20.3 Å². The van der Waals surface area contributed by atoms with E-state index in [0.717, 1.165) is 23.1 Å². The number of anilines is 1. The van der Waals surface area contributed by atoms with Crippen molar-refractivity contribution in [2.24, 2.45) is 5.10 Å². The fraction of sp³-hybridized carbons (Fsp3) is 0.357. The fourth-order valence-electron chi connectivity index (χ4n) is 1.97. The number of nitrogens with zero attached hydrogens (tertiary/aromatic N) is 3. The van der Waals surface area contributed by atoms with Crippen molar-refractivity contribution in [2.75, 3.05) is 18.0 Å². The first-order valence-corrected chi connectivity index (χ1v) is 8.59. The summed E-state index contributed by atoms with van der Waals surface area (Å²) >= 11 is 6.35. The van der Waals surface area contributed by atoms with Crippen molar-refractivity contribution in [3.63, 3.8) is 0 Å². The molecule has 2 rings (SSSR count). The predicted octanol–water partition coefficient (Wildman–Crippen LogP) is 1.43. The Hall–Kier alpha value is -2.33. The molecule has 0 radical (unpaired) electrons. The first-order valence-electron chi connectivity index (χ1n) is 7.37. The summed E-state index contributed by atoms with van der Waals surface area (Å²) in [5.41, 5.74) is 2.49. The van der Waals surface area contributed by atoms with Crippen LogP contribution in [0.25, 0.3) is 0 Å². The minimum Gasteiger partial charge on any atom is -0.349 e. The number of carbonyl (C=O) groups is 1. The molecule has 0 saturated carbocycles. The third-order valence-corrected chi connectivity index (χ3v) is 4.29. The minimum atomic E-state index is -0.351. The molecule has 0 atom stereocenters. The highest BCUT2D eigenvalue weighted by atomic mass is 32.1. The molecule has 0 saturated heterocycles. The zero-order valence-electron chi connectivity index (χ0n) is 13.3. The number of hydrazone groups is 1. The lowest BCUT2D eigenvalue weighted by Crippen LogP contribution is -2.21. The van der Waals surface area contributed by atoms with E-state index in [4.69, 9.17) is 12.2 Å². The molecule has 2 heterocycles. The first-order chi connectivity index (χ1) is 11.5. The molecule has 0 aromatic carbocycles.